The lowest BCUT2D eigenvalue weighted by Crippen LogP contribution is -2.47. The second-order valence-corrected chi connectivity index (χ2v) is 11.3. The molecule has 1 spiro atoms. The normalized spacial score (nSPS) is 25.5. The molecule has 1 aromatic rings. The summed E-state index contributed by atoms with van der Waals surface area (Å²) in [6.07, 6.45) is 7.06. The molecule has 4 rings (SSSR count). The number of benzene rings is 1. The molecule has 3 fully saturated rings. The Balaban J connectivity index is 1.59. The molecule has 2 heterocycles. The molecule has 1 atom stereocenters. The molecule has 0 bridgehead atoms. The molecule has 2 aliphatic heterocycles. The van der Waals surface area contributed by atoms with Gasteiger partial charge in [-0.1, -0.05) is 37.0 Å². The molecule has 1 aliphatic carbocycles. The summed E-state index contributed by atoms with van der Waals surface area (Å²) in [6, 6.07) is 5.67. The number of carbonyl (C=O) groups is 1. The molecule has 1 saturated carbocycles. The van der Waals surface area contributed by atoms with Gasteiger partial charge in [0, 0.05) is 37.8 Å². The van der Waals surface area contributed by atoms with Gasteiger partial charge in [0.2, 0.25) is 15.9 Å². The standard InChI is InChI=1S/C23H34N2O4S/c1-17-8-9-21(18(2)14-17)30(27,28)25-15-20(23(16-25)10-12-29-13-11-23)22(26)24-19-6-4-3-5-7-19/h8-9,14,19-20H,3-7,10-13,15-16H2,1-2H3,(H,24,26). The van der Waals surface area contributed by atoms with E-state index in [9.17, 15) is 13.2 Å². The van der Waals surface area contributed by atoms with E-state index in [0.29, 0.717) is 24.7 Å². The second-order valence-electron chi connectivity index (χ2n) is 9.44. The molecule has 1 aromatic carbocycles. The van der Waals surface area contributed by atoms with Crippen molar-refractivity contribution in [3.05, 3.63) is 29.3 Å². The van der Waals surface area contributed by atoms with Crippen molar-refractivity contribution in [2.45, 2.75) is 69.7 Å². The molecular weight excluding hydrogens is 400 g/mol. The Morgan fingerprint density at radius 1 is 1.13 bits per heavy atom. The molecule has 6 nitrogen and oxygen atoms in total. The number of aryl methyl sites for hydroxylation is 2. The molecule has 1 amide bonds. The van der Waals surface area contributed by atoms with Gasteiger partial charge in [-0.2, -0.15) is 4.31 Å². The Morgan fingerprint density at radius 3 is 2.50 bits per heavy atom. The Labute approximate surface area is 180 Å². The summed E-state index contributed by atoms with van der Waals surface area (Å²) >= 11 is 0. The first-order chi connectivity index (χ1) is 14.3. The van der Waals surface area contributed by atoms with Crippen LogP contribution in [0.5, 0.6) is 0 Å². The Hall–Kier alpha value is -1.44. The molecule has 0 aromatic heterocycles. The Morgan fingerprint density at radius 2 is 1.83 bits per heavy atom. The van der Waals surface area contributed by atoms with Gasteiger partial charge in [-0.05, 0) is 51.2 Å². The van der Waals surface area contributed by atoms with Gasteiger partial charge >= 0.3 is 0 Å². The van der Waals surface area contributed by atoms with Crippen molar-refractivity contribution >= 4 is 15.9 Å². The van der Waals surface area contributed by atoms with Gasteiger partial charge in [0.1, 0.15) is 0 Å². The van der Waals surface area contributed by atoms with Crippen LogP contribution in [-0.4, -0.2) is 51.0 Å². The molecular formula is C23H34N2O4S. The van der Waals surface area contributed by atoms with Crippen LogP contribution in [0.2, 0.25) is 0 Å². The predicted molar refractivity (Wildman–Crippen MR) is 116 cm³/mol. The number of ether oxygens (including phenoxy) is 1. The Bertz CT molecular complexity index is 886. The van der Waals surface area contributed by atoms with E-state index < -0.39 is 10.0 Å². The van der Waals surface area contributed by atoms with Crippen molar-refractivity contribution in [2.24, 2.45) is 11.3 Å². The number of nitrogens with one attached hydrogen (secondary N) is 1. The van der Waals surface area contributed by atoms with E-state index in [4.69, 9.17) is 4.74 Å². The van der Waals surface area contributed by atoms with Crippen LogP contribution < -0.4 is 5.32 Å². The van der Waals surface area contributed by atoms with Crippen molar-refractivity contribution in [3.8, 4) is 0 Å². The lowest BCUT2D eigenvalue weighted by Gasteiger charge is -2.38. The summed E-state index contributed by atoms with van der Waals surface area (Å²) in [5.74, 6) is -0.286. The summed E-state index contributed by atoms with van der Waals surface area (Å²) < 4.78 is 34.2. The summed E-state index contributed by atoms with van der Waals surface area (Å²) in [5.41, 5.74) is 1.47. The summed E-state index contributed by atoms with van der Waals surface area (Å²) in [6.45, 7) is 5.63. The van der Waals surface area contributed by atoms with Crippen molar-refractivity contribution in [3.63, 3.8) is 0 Å². The van der Waals surface area contributed by atoms with Crippen molar-refractivity contribution in [1.82, 2.24) is 9.62 Å². The maximum absolute atomic E-state index is 13.5. The molecule has 3 aliphatic rings. The first-order valence-electron chi connectivity index (χ1n) is 11.3. The smallest absolute Gasteiger partial charge is 0.243 e. The highest BCUT2D eigenvalue weighted by Gasteiger charge is 2.53. The van der Waals surface area contributed by atoms with E-state index in [1.165, 1.54) is 6.42 Å². The molecule has 0 radical (unpaired) electrons. The summed E-state index contributed by atoms with van der Waals surface area (Å²) in [5, 5.41) is 3.26. The third-order valence-corrected chi connectivity index (χ3v) is 9.29. The number of hydrogen-bond donors (Lipinski definition) is 1. The Kier molecular flexibility index (Phi) is 6.24. The monoisotopic (exact) mass is 434 g/mol. The predicted octanol–water partition coefficient (Wildman–Crippen LogP) is 3.17. The summed E-state index contributed by atoms with van der Waals surface area (Å²) in [4.78, 5) is 13.7. The molecule has 30 heavy (non-hydrogen) atoms. The van der Waals surface area contributed by atoms with Crippen LogP contribution in [0, 0.1) is 25.2 Å². The number of carbonyl (C=O) groups excluding carboxylic acids is 1. The number of hydrogen-bond acceptors (Lipinski definition) is 4. The average molecular weight is 435 g/mol. The van der Waals surface area contributed by atoms with Gasteiger partial charge < -0.3 is 10.1 Å². The highest BCUT2D eigenvalue weighted by atomic mass is 32.2. The van der Waals surface area contributed by atoms with Gasteiger partial charge in [-0.15, -0.1) is 0 Å². The van der Waals surface area contributed by atoms with E-state index in [2.05, 4.69) is 5.32 Å². The van der Waals surface area contributed by atoms with Gasteiger partial charge in [0.05, 0.1) is 10.8 Å². The van der Waals surface area contributed by atoms with Gasteiger partial charge in [0.25, 0.3) is 0 Å². The van der Waals surface area contributed by atoms with E-state index in [1.54, 1.807) is 10.4 Å². The number of rotatable bonds is 4. The number of amides is 1. The minimum absolute atomic E-state index is 0.0297. The van der Waals surface area contributed by atoms with Crippen LogP contribution >= 0.6 is 0 Å². The van der Waals surface area contributed by atoms with E-state index in [-0.39, 0.29) is 29.8 Å². The fourth-order valence-corrected chi connectivity index (χ4v) is 7.28. The first kappa shape index (κ1) is 21.8. The topological polar surface area (TPSA) is 75.7 Å². The van der Waals surface area contributed by atoms with Gasteiger partial charge in [0.15, 0.2) is 0 Å². The van der Waals surface area contributed by atoms with Crippen molar-refractivity contribution in [1.29, 1.82) is 0 Å². The number of nitrogens with zero attached hydrogens (tertiary/aromatic N) is 1. The zero-order valence-corrected chi connectivity index (χ0v) is 19.0. The minimum Gasteiger partial charge on any atom is -0.381 e. The lowest BCUT2D eigenvalue weighted by atomic mass is 9.71. The molecule has 1 unspecified atom stereocenters. The number of sulfonamides is 1. The molecule has 166 valence electrons. The van der Waals surface area contributed by atoms with E-state index in [0.717, 1.165) is 49.7 Å². The maximum atomic E-state index is 13.5. The zero-order valence-electron chi connectivity index (χ0n) is 18.2. The van der Waals surface area contributed by atoms with E-state index >= 15 is 0 Å². The van der Waals surface area contributed by atoms with Gasteiger partial charge in [-0.25, -0.2) is 8.42 Å². The fourth-order valence-electron chi connectivity index (χ4n) is 5.53. The fraction of sp³-hybridized carbons (Fsp3) is 0.696. The van der Waals surface area contributed by atoms with Crippen LogP contribution in [0.3, 0.4) is 0 Å². The van der Waals surface area contributed by atoms with Crippen LogP contribution in [0.4, 0.5) is 0 Å². The van der Waals surface area contributed by atoms with Crippen LogP contribution in [0.15, 0.2) is 23.1 Å². The van der Waals surface area contributed by atoms with Crippen molar-refractivity contribution in [2.75, 3.05) is 26.3 Å². The van der Waals surface area contributed by atoms with Crippen LogP contribution in [0.1, 0.15) is 56.1 Å². The quantitative estimate of drug-likeness (QED) is 0.790. The molecule has 7 heteroatoms. The van der Waals surface area contributed by atoms with Crippen molar-refractivity contribution < 1.29 is 17.9 Å². The molecule has 1 N–H and O–H groups in total. The van der Waals surface area contributed by atoms with Crippen LogP contribution in [0.25, 0.3) is 0 Å². The third-order valence-electron chi connectivity index (χ3n) is 7.32. The van der Waals surface area contributed by atoms with Gasteiger partial charge in [-0.3, -0.25) is 4.79 Å². The first-order valence-corrected chi connectivity index (χ1v) is 12.7. The highest BCUT2D eigenvalue weighted by Crippen LogP contribution is 2.46. The molecule has 2 saturated heterocycles. The SMILES string of the molecule is Cc1ccc(S(=O)(=O)N2CC(C(=O)NC3CCCCC3)C3(CCOCC3)C2)c(C)c1. The largest absolute Gasteiger partial charge is 0.381 e. The van der Waals surface area contributed by atoms with Crippen LogP contribution in [-0.2, 0) is 19.6 Å². The lowest BCUT2D eigenvalue weighted by molar-refractivity contribution is -0.130. The third kappa shape index (κ3) is 4.16. The average Bonchev–Trinajstić information content (AvgIpc) is 3.08. The minimum atomic E-state index is -3.65. The maximum Gasteiger partial charge on any atom is 0.243 e. The highest BCUT2D eigenvalue weighted by molar-refractivity contribution is 7.89. The summed E-state index contributed by atoms with van der Waals surface area (Å²) in [7, 11) is -3.65. The van der Waals surface area contributed by atoms with E-state index in [1.807, 2.05) is 26.0 Å². The second kappa shape index (κ2) is 8.60. The zero-order chi connectivity index (χ0) is 21.4.